The quantitative estimate of drug-likeness (QED) is 0.340. The van der Waals surface area contributed by atoms with E-state index in [1.165, 1.54) is 25.5 Å². The van der Waals surface area contributed by atoms with Crippen molar-refractivity contribution < 1.29 is 24.3 Å². The summed E-state index contributed by atoms with van der Waals surface area (Å²) < 4.78 is 12.0. The standard InChI is InChI=1S/C16H13Br2N3O6/c1-26-14-6-10(17)5-11(18)16(14)27-8-15(23)20-19-7-9-2-3-13(22)12(4-9)21(24)25/h2-7,22H,8H2,1H3,(H,20,23). The number of methoxy groups -OCH3 is 1. The molecule has 0 unspecified atom stereocenters. The SMILES string of the molecule is COc1cc(Br)cc(Br)c1OCC(=O)NN=Cc1ccc(O)c([N+](=O)[O-])c1. The highest BCUT2D eigenvalue weighted by Crippen LogP contribution is 2.38. The van der Waals surface area contributed by atoms with Crippen LogP contribution in [-0.4, -0.2) is 35.9 Å². The van der Waals surface area contributed by atoms with E-state index in [1.54, 1.807) is 12.1 Å². The first-order valence-electron chi connectivity index (χ1n) is 7.27. The number of rotatable bonds is 7. The van der Waals surface area contributed by atoms with Crippen LogP contribution in [0.3, 0.4) is 0 Å². The van der Waals surface area contributed by atoms with Crippen LogP contribution < -0.4 is 14.9 Å². The van der Waals surface area contributed by atoms with Crippen LogP contribution in [0, 0.1) is 10.1 Å². The van der Waals surface area contributed by atoms with Crippen molar-refractivity contribution in [3.05, 3.63) is 55.0 Å². The molecule has 2 rings (SSSR count). The van der Waals surface area contributed by atoms with E-state index in [0.717, 1.165) is 10.5 Å². The van der Waals surface area contributed by atoms with Gasteiger partial charge < -0.3 is 14.6 Å². The maximum atomic E-state index is 11.9. The van der Waals surface area contributed by atoms with Gasteiger partial charge in [0.25, 0.3) is 5.91 Å². The van der Waals surface area contributed by atoms with Gasteiger partial charge in [0.2, 0.25) is 0 Å². The molecule has 2 N–H and O–H groups in total. The molecule has 9 nitrogen and oxygen atoms in total. The lowest BCUT2D eigenvalue weighted by atomic mass is 10.2. The molecular weight excluding hydrogens is 490 g/mol. The zero-order chi connectivity index (χ0) is 20.0. The number of nitro groups is 1. The summed E-state index contributed by atoms with van der Waals surface area (Å²) in [7, 11) is 1.47. The Bertz CT molecular complexity index is 904. The molecule has 0 aliphatic heterocycles. The van der Waals surface area contributed by atoms with Crippen LogP contribution in [0.15, 0.2) is 44.4 Å². The Morgan fingerprint density at radius 1 is 1.37 bits per heavy atom. The van der Waals surface area contributed by atoms with Crippen molar-refractivity contribution in [1.82, 2.24) is 5.43 Å². The number of hydrazone groups is 1. The second-order valence-electron chi connectivity index (χ2n) is 5.01. The molecule has 0 spiro atoms. The first kappa shape index (κ1) is 20.6. The molecule has 142 valence electrons. The topological polar surface area (TPSA) is 123 Å². The number of benzene rings is 2. The summed E-state index contributed by atoms with van der Waals surface area (Å²) in [5, 5.41) is 23.9. The maximum Gasteiger partial charge on any atom is 0.311 e. The summed E-state index contributed by atoms with van der Waals surface area (Å²) in [5.41, 5.74) is 2.11. The van der Waals surface area contributed by atoms with E-state index in [4.69, 9.17) is 9.47 Å². The van der Waals surface area contributed by atoms with Crippen LogP contribution in [0.2, 0.25) is 0 Å². The van der Waals surface area contributed by atoms with Gasteiger partial charge in [-0.3, -0.25) is 14.9 Å². The molecule has 0 radical (unpaired) electrons. The summed E-state index contributed by atoms with van der Waals surface area (Å²) >= 11 is 6.65. The van der Waals surface area contributed by atoms with Crippen molar-refractivity contribution in [1.29, 1.82) is 0 Å². The number of phenolic OH excluding ortho intramolecular Hbond substituents is 1. The summed E-state index contributed by atoms with van der Waals surface area (Å²) in [5.74, 6) is -0.210. The monoisotopic (exact) mass is 501 g/mol. The van der Waals surface area contributed by atoms with E-state index in [2.05, 4.69) is 42.4 Å². The van der Waals surface area contributed by atoms with E-state index in [0.29, 0.717) is 21.5 Å². The lowest BCUT2D eigenvalue weighted by Gasteiger charge is -2.12. The summed E-state index contributed by atoms with van der Waals surface area (Å²) in [6.07, 6.45) is 1.21. The summed E-state index contributed by atoms with van der Waals surface area (Å²) in [4.78, 5) is 21.9. The Morgan fingerprint density at radius 2 is 2.11 bits per heavy atom. The van der Waals surface area contributed by atoms with Crippen LogP contribution in [0.1, 0.15) is 5.56 Å². The Kier molecular flexibility index (Phi) is 7.13. The highest BCUT2D eigenvalue weighted by molar-refractivity contribution is 9.11. The zero-order valence-corrected chi connectivity index (χ0v) is 17.0. The molecule has 0 atom stereocenters. The Labute approximate surface area is 170 Å². The lowest BCUT2D eigenvalue weighted by Crippen LogP contribution is -2.24. The molecule has 0 aliphatic carbocycles. The molecule has 0 saturated heterocycles. The van der Waals surface area contributed by atoms with Crippen molar-refractivity contribution in [3.8, 4) is 17.2 Å². The molecule has 0 aliphatic rings. The molecule has 27 heavy (non-hydrogen) atoms. The molecule has 2 aromatic carbocycles. The number of ether oxygens (including phenoxy) is 2. The van der Waals surface area contributed by atoms with E-state index < -0.39 is 22.3 Å². The van der Waals surface area contributed by atoms with Crippen molar-refractivity contribution in [3.63, 3.8) is 0 Å². The minimum absolute atomic E-state index is 0.330. The van der Waals surface area contributed by atoms with Gasteiger partial charge in [0.1, 0.15) is 0 Å². The third-order valence-electron chi connectivity index (χ3n) is 3.14. The third kappa shape index (κ3) is 5.66. The number of aromatic hydroxyl groups is 1. The number of halogens is 2. The van der Waals surface area contributed by atoms with Crippen LogP contribution in [-0.2, 0) is 4.79 Å². The van der Waals surface area contributed by atoms with Gasteiger partial charge in [-0.1, -0.05) is 15.9 Å². The summed E-state index contributed by atoms with van der Waals surface area (Å²) in [6, 6.07) is 7.14. The van der Waals surface area contributed by atoms with Crippen molar-refractivity contribution >= 4 is 49.7 Å². The van der Waals surface area contributed by atoms with Crippen LogP contribution >= 0.6 is 31.9 Å². The molecule has 0 aromatic heterocycles. The molecular formula is C16H13Br2N3O6. The van der Waals surface area contributed by atoms with Gasteiger partial charge in [0.05, 0.1) is 22.7 Å². The first-order chi connectivity index (χ1) is 12.8. The minimum Gasteiger partial charge on any atom is -0.502 e. The fourth-order valence-corrected chi connectivity index (χ4v) is 3.24. The van der Waals surface area contributed by atoms with Gasteiger partial charge in [0.15, 0.2) is 23.9 Å². The molecule has 2 aromatic rings. The average molecular weight is 503 g/mol. The molecule has 0 heterocycles. The first-order valence-corrected chi connectivity index (χ1v) is 8.85. The largest absolute Gasteiger partial charge is 0.502 e. The van der Waals surface area contributed by atoms with Gasteiger partial charge >= 0.3 is 5.69 Å². The zero-order valence-electron chi connectivity index (χ0n) is 13.8. The van der Waals surface area contributed by atoms with Gasteiger partial charge in [-0.05, 0) is 40.2 Å². The predicted molar refractivity (Wildman–Crippen MR) is 104 cm³/mol. The van der Waals surface area contributed by atoms with Gasteiger partial charge in [0, 0.05) is 16.1 Å². The predicted octanol–water partition coefficient (Wildman–Crippen LogP) is 3.36. The van der Waals surface area contributed by atoms with E-state index in [-0.39, 0.29) is 6.61 Å². The van der Waals surface area contributed by atoms with Crippen LogP contribution in [0.25, 0.3) is 0 Å². The lowest BCUT2D eigenvalue weighted by molar-refractivity contribution is -0.385. The normalized spacial score (nSPS) is 10.6. The average Bonchev–Trinajstić information content (AvgIpc) is 2.61. The smallest absolute Gasteiger partial charge is 0.311 e. The Balaban J connectivity index is 1.97. The summed E-state index contributed by atoms with van der Waals surface area (Å²) in [6.45, 7) is -0.330. The Hall–Kier alpha value is -2.66. The number of carbonyl (C=O) groups is 1. The second kappa shape index (κ2) is 9.33. The van der Waals surface area contributed by atoms with E-state index >= 15 is 0 Å². The number of hydrogen-bond acceptors (Lipinski definition) is 7. The second-order valence-corrected chi connectivity index (χ2v) is 6.78. The number of hydrogen-bond donors (Lipinski definition) is 2. The van der Waals surface area contributed by atoms with Crippen LogP contribution in [0.5, 0.6) is 17.2 Å². The number of nitro benzene ring substituents is 1. The highest BCUT2D eigenvalue weighted by atomic mass is 79.9. The third-order valence-corrected chi connectivity index (χ3v) is 4.19. The van der Waals surface area contributed by atoms with Crippen molar-refractivity contribution in [2.45, 2.75) is 0 Å². The van der Waals surface area contributed by atoms with Gasteiger partial charge in [-0.2, -0.15) is 5.10 Å². The van der Waals surface area contributed by atoms with Crippen molar-refractivity contribution in [2.75, 3.05) is 13.7 Å². The Morgan fingerprint density at radius 3 is 2.78 bits per heavy atom. The number of amides is 1. The number of nitrogens with one attached hydrogen (secondary N) is 1. The molecule has 0 fully saturated rings. The number of carbonyl (C=O) groups excluding carboxylic acids is 1. The fourth-order valence-electron chi connectivity index (χ4n) is 1.94. The molecule has 1 amide bonds. The number of phenols is 1. The van der Waals surface area contributed by atoms with Gasteiger partial charge in [-0.15, -0.1) is 0 Å². The molecule has 0 bridgehead atoms. The molecule has 0 saturated carbocycles. The maximum absolute atomic E-state index is 11.9. The highest BCUT2D eigenvalue weighted by Gasteiger charge is 2.14. The minimum atomic E-state index is -0.720. The van der Waals surface area contributed by atoms with E-state index in [1.807, 2.05) is 0 Å². The van der Waals surface area contributed by atoms with Crippen LogP contribution in [0.4, 0.5) is 5.69 Å². The van der Waals surface area contributed by atoms with E-state index in [9.17, 15) is 20.0 Å². The fraction of sp³-hybridized carbons (Fsp3) is 0.125. The van der Waals surface area contributed by atoms with Gasteiger partial charge in [-0.25, -0.2) is 5.43 Å². The van der Waals surface area contributed by atoms with Crippen molar-refractivity contribution in [2.24, 2.45) is 5.10 Å². The number of nitrogens with zero attached hydrogens (tertiary/aromatic N) is 2. The molecule has 11 heteroatoms.